The predicted molar refractivity (Wildman–Crippen MR) is 76.1 cm³/mol. The number of carbonyl (C=O) groups excluding carboxylic acids is 2. The summed E-state index contributed by atoms with van der Waals surface area (Å²) in [4.78, 5) is 26.0. The highest BCUT2D eigenvalue weighted by molar-refractivity contribution is 5.78. The number of hydrogen-bond donors (Lipinski definition) is 1. The number of nitrogens with zero attached hydrogens (tertiary/aromatic N) is 1. The minimum atomic E-state index is -0.149. The fourth-order valence-electron chi connectivity index (χ4n) is 3.13. The van der Waals surface area contributed by atoms with E-state index in [9.17, 15) is 9.59 Å². The van der Waals surface area contributed by atoms with Gasteiger partial charge in [-0.2, -0.15) is 0 Å². The van der Waals surface area contributed by atoms with E-state index >= 15 is 0 Å². The third-order valence-corrected chi connectivity index (χ3v) is 4.26. The van der Waals surface area contributed by atoms with Crippen LogP contribution < -0.4 is 5.32 Å². The SMILES string of the molecule is CCOC(=O)C1CCCN(C(=O)CC2CCCNC2)C1. The van der Waals surface area contributed by atoms with Crippen LogP contribution in [0.2, 0.25) is 0 Å². The van der Waals surface area contributed by atoms with Gasteiger partial charge in [0.1, 0.15) is 0 Å². The van der Waals surface area contributed by atoms with Crippen molar-refractivity contribution in [1.82, 2.24) is 10.2 Å². The second kappa shape index (κ2) is 7.62. The van der Waals surface area contributed by atoms with E-state index in [2.05, 4.69) is 5.32 Å². The van der Waals surface area contributed by atoms with Crippen LogP contribution in [0.1, 0.15) is 39.0 Å². The molecule has 114 valence electrons. The van der Waals surface area contributed by atoms with Crippen molar-refractivity contribution in [2.75, 3.05) is 32.8 Å². The molecule has 1 amide bonds. The molecule has 2 rings (SSSR count). The standard InChI is InChI=1S/C15H26N2O3/c1-2-20-15(19)13-6-4-8-17(11-13)14(18)9-12-5-3-7-16-10-12/h12-13,16H,2-11H2,1H3. The van der Waals surface area contributed by atoms with E-state index in [0.717, 1.165) is 45.3 Å². The molecule has 0 radical (unpaired) electrons. The maximum Gasteiger partial charge on any atom is 0.310 e. The second-order valence-electron chi connectivity index (χ2n) is 5.85. The van der Waals surface area contributed by atoms with Gasteiger partial charge in [-0.3, -0.25) is 9.59 Å². The maximum atomic E-state index is 12.3. The summed E-state index contributed by atoms with van der Waals surface area (Å²) >= 11 is 0. The normalized spacial score (nSPS) is 27.1. The highest BCUT2D eigenvalue weighted by Crippen LogP contribution is 2.21. The molecule has 5 heteroatoms. The van der Waals surface area contributed by atoms with Crippen LogP contribution in [0.25, 0.3) is 0 Å². The van der Waals surface area contributed by atoms with Gasteiger partial charge in [-0.1, -0.05) is 0 Å². The van der Waals surface area contributed by atoms with E-state index in [1.165, 1.54) is 0 Å². The molecule has 2 unspecified atom stereocenters. The van der Waals surface area contributed by atoms with E-state index in [0.29, 0.717) is 25.5 Å². The Morgan fingerprint density at radius 1 is 1.30 bits per heavy atom. The van der Waals surface area contributed by atoms with Crippen molar-refractivity contribution in [3.63, 3.8) is 0 Å². The third-order valence-electron chi connectivity index (χ3n) is 4.26. The van der Waals surface area contributed by atoms with Crippen molar-refractivity contribution in [2.45, 2.75) is 39.0 Å². The topological polar surface area (TPSA) is 58.6 Å². The number of piperidine rings is 2. The Labute approximate surface area is 121 Å². The zero-order chi connectivity index (χ0) is 14.4. The summed E-state index contributed by atoms with van der Waals surface area (Å²) in [6, 6.07) is 0. The molecule has 2 fully saturated rings. The van der Waals surface area contributed by atoms with Gasteiger partial charge in [-0.25, -0.2) is 0 Å². The van der Waals surface area contributed by atoms with Gasteiger partial charge in [-0.15, -0.1) is 0 Å². The summed E-state index contributed by atoms with van der Waals surface area (Å²) in [5, 5.41) is 3.34. The van der Waals surface area contributed by atoms with Crippen LogP contribution in [0.15, 0.2) is 0 Å². The lowest BCUT2D eigenvalue weighted by molar-refractivity contribution is -0.151. The first kappa shape index (κ1) is 15.3. The summed E-state index contributed by atoms with van der Waals surface area (Å²) in [5.74, 6) is 0.383. The molecule has 0 aromatic heterocycles. The number of likely N-dealkylation sites (tertiary alicyclic amines) is 1. The first-order chi connectivity index (χ1) is 9.70. The first-order valence-corrected chi connectivity index (χ1v) is 7.85. The molecule has 0 spiro atoms. The molecule has 2 atom stereocenters. The lowest BCUT2D eigenvalue weighted by Crippen LogP contribution is -2.44. The summed E-state index contributed by atoms with van der Waals surface area (Å²) in [7, 11) is 0. The van der Waals surface area contributed by atoms with E-state index in [-0.39, 0.29) is 17.8 Å². The predicted octanol–water partition coefficient (Wildman–Crippen LogP) is 1.18. The Morgan fingerprint density at radius 2 is 2.15 bits per heavy atom. The number of carbonyl (C=O) groups is 2. The monoisotopic (exact) mass is 282 g/mol. The van der Waals surface area contributed by atoms with Gasteiger partial charge < -0.3 is 15.0 Å². The molecule has 2 aliphatic rings. The van der Waals surface area contributed by atoms with Crippen LogP contribution in [0, 0.1) is 11.8 Å². The summed E-state index contributed by atoms with van der Waals surface area (Å²) in [6.07, 6.45) is 4.64. The number of esters is 1. The van der Waals surface area contributed by atoms with Crippen LogP contribution in [0.4, 0.5) is 0 Å². The number of hydrogen-bond acceptors (Lipinski definition) is 4. The van der Waals surface area contributed by atoms with Gasteiger partial charge in [0.25, 0.3) is 0 Å². The van der Waals surface area contributed by atoms with Gasteiger partial charge in [0.15, 0.2) is 0 Å². The smallest absolute Gasteiger partial charge is 0.310 e. The van der Waals surface area contributed by atoms with Gasteiger partial charge in [0.2, 0.25) is 5.91 Å². The van der Waals surface area contributed by atoms with Crippen molar-refractivity contribution in [3.8, 4) is 0 Å². The fraction of sp³-hybridized carbons (Fsp3) is 0.867. The van der Waals surface area contributed by atoms with Gasteiger partial charge >= 0.3 is 5.97 Å². The van der Waals surface area contributed by atoms with Crippen molar-refractivity contribution < 1.29 is 14.3 Å². The van der Waals surface area contributed by atoms with Crippen LogP contribution in [0.3, 0.4) is 0 Å². The zero-order valence-electron chi connectivity index (χ0n) is 12.4. The van der Waals surface area contributed by atoms with Gasteiger partial charge in [0, 0.05) is 19.5 Å². The maximum absolute atomic E-state index is 12.3. The average molecular weight is 282 g/mol. The van der Waals surface area contributed by atoms with Crippen LogP contribution in [-0.2, 0) is 14.3 Å². The molecule has 0 saturated carbocycles. The average Bonchev–Trinajstić information content (AvgIpc) is 2.48. The zero-order valence-corrected chi connectivity index (χ0v) is 12.4. The van der Waals surface area contributed by atoms with Crippen LogP contribution >= 0.6 is 0 Å². The molecule has 0 bridgehead atoms. The molecule has 1 N–H and O–H groups in total. The van der Waals surface area contributed by atoms with E-state index in [1.807, 2.05) is 11.8 Å². The molecular formula is C15H26N2O3. The van der Waals surface area contributed by atoms with Crippen LogP contribution in [0.5, 0.6) is 0 Å². The third kappa shape index (κ3) is 4.20. The van der Waals surface area contributed by atoms with Gasteiger partial charge in [0.05, 0.1) is 12.5 Å². The highest BCUT2D eigenvalue weighted by Gasteiger charge is 2.30. The van der Waals surface area contributed by atoms with Crippen LogP contribution in [-0.4, -0.2) is 49.6 Å². The van der Waals surface area contributed by atoms with Crippen molar-refractivity contribution in [3.05, 3.63) is 0 Å². The minimum absolute atomic E-state index is 0.128. The second-order valence-corrected chi connectivity index (χ2v) is 5.85. The van der Waals surface area contributed by atoms with E-state index in [4.69, 9.17) is 4.74 Å². The Kier molecular flexibility index (Phi) is 5.83. The van der Waals surface area contributed by atoms with Crippen molar-refractivity contribution >= 4 is 11.9 Å². The highest BCUT2D eigenvalue weighted by atomic mass is 16.5. The number of ether oxygens (including phenoxy) is 1. The minimum Gasteiger partial charge on any atom is -0.466 e. The number of rotatable bonds is 4. The summed E-state index contributed by atoms with van der Waals surface area (Å²) in [6.45, 7) is 5.57. The molecule has 0 aliphatic carbocycles. The number of nitrogens with one attached hydrogen (secondary N) is 1. The fourth-order valence-corrected chi connectivity index (χ4v) is 3.13. The Bertz CT molecular complexity index is 340. The summed E-state index contributed by atoms with van der Waals surface area (Å²) < 4.78 is 5.07. The Morgan fingerprint density at radius 3 is 2.85 bits per heavy atom. The van der Waals surface area contributed by atoms with E-state index in [1.54, 1.807) is 0 Å². The Hall–Kier alpha value is -1.10. The van der Waals surface area contributed by atoms with Gasteiger partial charge in [-0.05, 0) is 51.6 Å². The molecule has 2 heterocycles. The quantitative estimate of drug-likeness (QED) is 0.787. The molecule has 5 nitrogen and oxygen atoms in total. The molecule has 2 saturated heterocycles. The lowest BCUT2D eigenvalue weighted by atomic mass is 9.93. The first-order valence-electron chi connectivity index (χ1n) is 7.85. The lowest BCUT2D eigenvalue weighted by Gasteiger charge is -2.33. The molecular weight excluding hydrogens is 256 g/mol. The molecule has 2 aliphatic heterocycles. The van der Waals surface area contributed by atoms with E-state index < -0.39 is 0 Å². The molecule has 0 aromatic carbocycles. The van der Waals surface area contributed by atoms with Crippen molar-refractivity contribution in [2.24, 2.45) is 11.8 Å². The largest absolute Gasteiger partial charge is 0.466 e. The Balaban J connectivity index is 1.81. The number of amides is 1. The molecule has 20 heavy (non-hydrogen) atoms. The molecule has 0 aromatic rings. The van der Waals surface area contributed by atoms with Crippen molar-refractivity contribution in [1.29, 1.82) is 0 Å². The summed E-state index contributed by atoms with van der Waals surface area (Å²) in [5.41, 5.74) is 0.